The summed E-state index contributed by atoms with van der Waals surface area (Å²) in [5.74, 6) is -0.0927. The van der Waals surface area contributed by atoms with Crippen LogP contribution in [-0.4, -0.2) is 45.9 Å². The number of hydroxylamine groups is 2. The van der Waals surface area contributed by atoms with Crippen LogP contribution in [0.3, 0.4) is 0 Å². The van der Waals surface area contributed by atoms with Crippen LogP contribution in [-0.2, 0) is 20.8 Å². The maximum Gasteiger partial charge on any atom is 0.348 e. The van der Waals surface area contributed by atoms with E-state index in [1.807, 2.05) is 42.5 Å². The Kier molecular flexibility index (Phi) is 9.75. The number of nitrogens with zero attached hydrogens (tertiary/aromatic N) is 2. The van der Waals surface area contributed by atoms with E-state index in [1.165, 1.54) is 38.5 Å². The van der Waals surface area contributed by atoms with Crippen LogP contribution in [0.1, 0.15) is 93.0 Å². The van der Waals surface area contributed by atoms with Gasteiger partial charge in [-0.05, 0) is 50.2 Å². The summed E-state index contributed by atoms with van der Waals surface area (Å²) >= 11 is 1.15. The van der Waals surface area contributed by atoms with Crippen molar-refractivity contribution in [3.63, 3.8) is 0 Å². The summed E-state index contributed by atoms with van der Waals surface area (Å²) in [4.78, 5) is 48.1. The topological polar surface area (TPSA) is 66.9 Å². The molecule has 0 bridgehead atoms. The second-order valence-corrected chi connectivity index (χ2v) is 12.1. The van der Waals surface area contributed by atoms with E-state index in [9.17, 15) is 14.4 Å². The monoisotopic (exact) mass is 548 g/mol. The molecule has 7 heteroatoms. The molecule has 0 aromatic heterocycles. The van der Waals surface area contributed by atoms with Crippen molar-refractivity contribution in [3.05, 3.63) is 65.7 Å². The van der Waals surface area contributed by atoms with Gasteiger partial charge in [0, 0.05) is 35.5 Å². The van der Waals surface area contributed by atoms with Crippen LogP contribution in [0.4, 0.5) is 5.69 Å². The lowest BCUT2D eigenvalue weighted by molar-refractivity contribution is -0.224. The number of aryl methyl sites for hydroxylation is 1. The maximum absolute atomic E-state index is 13.9. The molecule has 1 amide bonds. The molecule has 208 valence electrons. The van der Waals surface area contributed by atoms with E-state index < -0.39 is 6.04 Å². The fourth-order valence-electron chi connectivity index (χ4n) is 6.37. The minimum Gasteiger partial charge on any atom is -0.365 e. The van der Waals surface area contributed by atoms with Crippen molar-refractivity contribution >= 4 is 34.4 Å². The molecule has 2 fully saturated rings. The molecule has 2 aromatic rings. The third-order valence-electron chi connectivity index (χ3n) is 8.41. The second-order valence-electron chi connectivity index (χ2n) is 11.1. The molecular formula is C32H40N2O4S. The smallest absolute Gasteiger partial charge is 0.348 e. The van der Waals surface area contributed by atoms with Gasteiger partial charge < -0.3 is 4.84 Å². The van der Waals surface area contributed by atoms with Crippen LogP contribution in [0.15, 0.2) is 54.6 Å². The largest absolute Gasteiger partial charge is 0.365 e. The van der Waals surface area contributed by atoms with Crippen LogP contribution < -0.4 is 4.90 Å². The number of rotatable bonds is 8. The molecule has 2 aromatic carbocycles. The molecule has 0 saturated heterocycles. The standard InChI is InChI=1S/C32H40N2O4S/c35-30(22-23-39-32(37)25-13-4-1-5-14-25)33-28-19-11-10-12-24(28)20-21-29(33)31(36)38-34(26-15-6-2-7-16-26)27-17-8-3-9-18-27/h1,4-5,10-14,19,26-27,29H,2-3,6-9,15-18,20-23H2/t29-/m1/s1. The summed E-state index contributed by atoms with van der Waals surface area (Å²) in [5, 5.41) is 2.01. The molecule has 0 spiro atoms. The van der Waals surface area contributed by atoms with Crippen molar-refractivity contribution in [2.75, 3.05) is 10.7 Å². The summed E-state index contributed by atoms with van der Waals surface area (Å²) in [6.45, 7) is 0. The number of carbonyl (C=O) groups excluding carboxylic acids is 3. The van der Waals surface area contributed by atoms with E-state index in [2.05, 4.69) is 5.06 Å². The van der Waals surface area contributed by atoms with Gasteiger partial charge in [-0.15, -0.1) is 5.06 Å². The average molecular weight is 549 g/mol. The Bertz CT molecular complexity index is 1110. The average Bonchev–Trinajstić information content (AvgIpc) is 3.00. The van der Waals surface area contributed by atoms with Gasteiger partial charge in [-0.25, -0.2) is 4.79 Å². The van der Waals surface area contributed by atoms with Crippen molar-refractivity contribution in [2.45, 2.75) is 102 Å². The van der Waals surface area contributed by atoms with Crippen LogP contribution in [0.2, 0.25) is 0 Å². The molecule has 1 heterocycles. The van der Waals surface area contributed by atoms with Crippen LogP contribution >= 0.6 is 11.8 Å². The zero-order chi connectivity index (χ0) is 27.0. The number of amides is 1. The summed E-state index contributed by atoms with van der Waals surface area (Å²) < 4.78 is 0. The van der Waals surface area contributed by atoms with Gasteiger partial charge in [-0.1, -0.05) is 98.8 Å². The first-order chi connectivity index (χ1) is 19.1. The van der Waals surface area contributed by atoms with Crippen LogP contribution in [0.5, 0.6) is 0 Å². The van der Waals surface area contributed by atoms with Crippen molar-refractivity contribution in [3.8, 4) is 0 Å². The lowest BCUT2D eigenvalue weighted by atomic mass is 9.90. The van der Waals surface area contributed by atoms with E-state index in [0.29, 0.717) is 17.7 Å². The van der Waals surface area contributed by atoms with E-state index in [1.54, 1.807) is 17.0 Å². The van der Waals surface area contributed by atoms with Crippen molar-refractivity contribution in [1.82, 2.24) is 5.06 Å². The minimum absolute atomic E-state index is 0.0472. The second kappa shape index (κ2) is 13.6. The lowest BCUT2D eigenvalue weighted by Crippen LogP contribution is -2.53. The van der Waals surface area contributed by atoms with E-state index >= 15 is 0 Å². The fourth-order valence-corrected chi connectivity index (χ4v) is 7.13. The first-order valence-electron chi connectivity index (χ1n) is 14.7. The van der Waals surface area contributed by atoms with E-state index in [4.69, 9.17) is 4.84 Å². The van der Waals surface area contributed by atoms with Gasteiger partial charge in [0.15, 0.2) is 0 Å². The number of benzene rings is 2. The molecule has 3 aliphatic rings. The van der Waals surface area contributed by atoms with Crippen molar-refractivity contribution in [1.29, 1.82) is 0 Å². The first kappa shape index (κ1) is 27.9. The zero-order valence-electron chi connectivity index (χ0n) is 22.8. The Morgan fingerprint density at radius 3 is 2.08 bits per heavy atom. The van der Waals surface area contributed by atoms with Crippen molar-refractivity contribution < 1.29 is 19.2 Å². The zero-order valence-corrected chi connectivity index (χ0v) is 23.6. The van der Waals surface area contributed by atoms with Crippen LogP contribution in [0.25, 0.3) is 0 Å². The third kappa shape index (κ3) is 6.93. The Labute approximate surface area is 236 Å². The highest BCUT2D eigenvalue weighted by Gasteiger charge is 2.40. The van der Waals surface area contributed by atoms with Gasteiger partial charge in [0.2, 0.25) is 11.0 Å². The molecule has 5 rings (SSSR count). The summed E-state index contributed by atoms with van der Waals surface area (Å²) in [6, 6.07) is 16.8. The van der Waals surface area contributed by atoms with Gasteiger partial charge in [0.05, 0.1) is 0 Å². The number of carbonyl (C=O) groups is 3. The number of fused-ring (bicyclic) bond motifs is 1. The molecular weight excluding hydrogens is 508 g/mol. The fraction of sp³-hybridized carbons (Fsp3) is 0.531. The predicted molar refractivity (Wildman–Crippen MR) is 156 cm³/mol. The predicted octanol–water partition coefficient (Wildman–Crippen LogP) is 6.72. The van der Waals surface area contributed by atoms with Gasteiger partial charge >= 0.3 is 5.97 Å². The van der Waals surface area contributed by atoms with E-state index in [0.717, 1.165) is 55.1 Å². The molecule has 39 heavy (non-hydrogen) atoms. The molecule has 0 unspecified atom stereocenters. The van der Waals surface area contributed by atoms with Gasteiger partial charge in [0.1, 0.15) is 6.04 Å². The summed E-state index contributed by atoms with van der Waals surface area (Å²) in [5.41, 5.74) is 2.49. The van der Waals surface area contributed by atoms with E-state index in [-0.39, 0.29) is 35.5 Å². The highest BCUT2D eigenvalue weighted by atomic mass is 32.2. The maximum atomic E-state index is 13.9. The Morgan fingerprint density at radius 2 is 1.41 bits per heavy atom. The number of hydrogen-bond donors (Lipinski definition) is 0. The Hall–Kier alpha value is -2.64. The lowest BCUT2D eigenvalue weighted by Gasteiger charge is -2.42. The van der Waals surface area contributed by atoms with Gasteiger partial charge in [-0.2, -0.15) is 0 Å². The van der Waals surface area contributed by atoms with Gasteiger partial charge in [0.25, 0.3) is 0 Å². The number of hydrogen-bond acceptors (Lipinski definition) is 6. The number of thioether (sulfide) groups is 1. The quantitative estimate of drug-likeness (QED) is 0.341. The molecule has 2 saturated carbocycles. The highest BCUT2D eigenvalue weighted by molar-refractivity contribution is 8.14. The molecule has 1 aliphatic heterocycles. The molecule has 6 nitrogen and oxygen atoms in total. The molecule has 0 radical (unpaired) electrons. The van der Waals surface area contributed by atoms with Crippen molar-refractivity contribution in [2.24, 2.45) is 0 Å². The third-order valence-corrected chi connectivity index (χ3v) is 9.32. The SMILES string of the molecule is O=C(SCCC(=O)N1c2ccccc2CC[C@@H]1C(=O)ON(C1CCCCC1)C1CCCCC1)c1ccccc1. The summed E-state index contributed by atoms with van der Waals surface area (Å²) in [7, 11) is 0. The minimum atomic E-state index is -0.656. The number of anilines is 1. The van der Waals surface area contributed by atoms with Crippen LogP contribution in [0, 0.1) is 0 Å². The molecule has 2 aliphatic carbocycles. The van der Waals surface area contributed by atoms with Gasteiger partial charge in [-0.3, -0.25) is 14.5 Å². The number of para-hydroxylation sites is 1. The normalized spacial score (nSPS) is 20.4. The first-order valence-corrected chi connectivity index (χ1v) is 15.7. The molecule has 1 atom stereocenters. The Balaban J connectivity index is 1.30. The highest BCUT2D eigenvalue weighted by Crippen LogP contribution is 2.34. The Morgan fingerprint density at radius 1 is 0.795 bits per heavy atom. The summed E-state index contributed by atoms with van der Waals surface area (Å²) in [6.07, 6.45) is 12.9. The molecule has 0 N–H and O–H groups in total.